The van der Waals surface area contributed by atoms with Crippen molar-refractivity contribution in [3.05, 3.63) is 28.2 Å². The molecule has 1 rings (SSSR count). The second kappa shape index (κ2) is 7.41. The van der Waals surface area contributed by atoms with Gasteiger partial charge in [-0.1, -0.05) is 22.0 Å². The summed E-state index contributed by atoms with van der Waals surface area (Å²) in [7, 11) is 6.22. The summed E-state index contributed by atoms with van der Waals surface area (Å²) in [6, 6.07) is 6.91. The van der Waals surface area contributed by atoms with Crippen molar-refractivity contribution in [2.75, 3.05) is 33.4 Å². The third-order valence-electron chi connectivity index (χ3n) is 2.67. The molecule has 1 aromatic carbocycles. The molecule has 96 valence electrons. The molecule has 1 aromatic rings. The van der Waals surface area contributed by atoms with Crippen LogP contribution in [0.15, 0.2) is 27.6 Å². The second-order valence-electron chi connectivity index (χ2n) is 4.34. The van der Waals surface area contributed by atoms with E-state index >= 15 is 0 Å². The largest absolute Gasteiger partial charge is 0.313 e. The molecule has 1 N–H and O–H groups in total. The number of hydrogen-bond donors (Lipinski definition) is 1. The normalized spacial score (nSPS) is 13.1. The van der Waals surface area contributed by atoms with Crippen molar-refractivity contribution in [2.24, 2.45) is 0 Å². The molecule has 4 heteroatoms. The maximum atomic E-state index is 3.54. The SMILES string of the molecule is CNC(C)c1ccc(Br)cc1SCCN(C)C. The summed E-state index contributed by atoms with van der Waals surface area (Å²) in [5, 5.41) is 3.30. The van der Waals surface area contributed by atoms with E-state index in [1.54, 1.807) is 0 Å². The van der Waals surface area contributed by atoms with Gasteiger partial charge in [-0.15, -0.1) is 11.8 Å². The number of hydrogen-bond acceptors (Lipinski definition) is 3. The van der Waals surface area contributed by atoms with Crippen LogP contribution < -0.4 is 5.32 Å². The van der Waals surface area contributed by atoms with E-state index in [0.29, 0.717) is 6.04 Å². The molecule has 1 atom stereocenters. The van der Waals surface area contributed by atoms with Crippen LogP contribution >= 0.6 is 27.7 Å². The van der Waals surface area contributed by atoms with Gasteiger partial charge in [0, 0.05) is 27.7 Å². The lowest BCUT2D eigenvalue weighted by atomic mass is 10.1. The lowest BCUT2D eigenvalue weighted by Crippen LogP contribution is -2.16. The molecular formula is C13H21BrN2S. The first kappa shape index (κ1) is 15.0. The Morgan fingerprint density at radius 2 is 2.12 bits per heavy atom. The van der Waals surface area contributed by atoms with Crippen molar-refractivity contribution in [3.63, 3.8) is 0 Å². The number of rotatable bonds is 6. The minimum Gasteiger partial charge on any atom is -0.313 e. The summed E-state index contributed by atoms with van der Waals surface area (Å²) in [4.78, 5) is 3.58. The first-order chi connectivity index (χ1) is 8.04. The van der Waals surface area contributed by atoms with Crippen molar-refractivity contribution in [3.8, 4) is 0 Å². The van der Waals surface area contributed by atoms with Crippen molar-refractivity contribution in [1.82, 2.24) is 10.2 Å². The van der Waals surface area contributed by atoms with Crippen LogP contribution in [0.4, 0.5) is 0 Å². The van der Waals surface area contributed by atoms with Gasteiger partial charge in [0.05, 0.1) is 0 Å². The zero-order chi connectivity index (χ0) is 12.8. The summed E-state index contributed by atoms with van der Waals surface area (Å²) < 4.78 is 1.15. The minimum absolute atomic E-state index is 0.393. The van der Waals surface area contributed by atoms with Crippen LogP contribution in [0.25, 0.3) is 0 Å². The van der Waals surface area contributed by atoms with Gasteiger partial charge in [-0.3, -0.25) is 0 Å². The van der Waals surface area contributed by atoms with Gasteiger partial charge in [0.25, 0.3) is 0 Å². The number of nitrogens with one attached hydrogen (secondary N) is 1. The van der Waals surface area contributed by atoms with Crippen LogP contribution in [0, 0.1) is 0 Å². The van der Waals surface area contributed by atoms with E-state index in [9.17, 15) is 0 Å². The van der Waals surface area contributed by atoms with Crippen LogP contribution in [0.1, 0.15) is 18.5 Å². The molecule has 0 amide bonds. The molecule has 1 unspecified atom stereocenters. The highest BCUT2D eigenvalue weighted by Gasteiger charge is 2.09. The van der Waals surface area contributed by atoms with E-state index in [-0.39, 0.29) is 0 Å². The number of nitrogens with zero attached hydrogens (tertiary/aromatic N) is 1. The van der Waals surface area contributed by atoms with E-state index in [0.717, 1.165) is 16.8 Å². The van der Waals surface area contributed by atoms with Crippen molar-refractivity contribution >= 4 is 27.7 Å². The van der Waals surface area contributed by atoms with E-state index in [4.69, 9.17) is 0 Å². The standard InChI is InChI=1S/C13H21BrN2S/c1-10(15-2)12-6-5-11(14)9-13(12)17-8-7-16(3)4/h5-6,9-10,15H,7-8H2,1-4H3. The van der Waals surface area contributed by atoms with Crippen molar-refractivity contribution in [1.29, 1.82) is 0 Å². The van der Waals surface area contributed by atoms with E-state index in [2.05, 4.69) is 65.4 Å². The molecule has 0 bridgehead atoms. The summed E-state index contributed by atoms with van der Waals surface area (Å²) >= 11 is 5.47. The molecule has 0 fully saturated rings. The van der Waals surface area contributed by atoms with Crippen LogP contribution in [-0.4, -0.2) is 38.3 Å². The van der Waals surface area contributed by atoms with E-state index in [1.807, 2.05) is 18.8 Å². The fourth-order valence-electron chi connectivity index (χ4n) is 1.48. The average Bonchev–Trinajstić information content (AvgIpc) is 2.28. The highest BCUT2D eigenvalue weighted by Crippen LogP contribution is 2.30. The van der Waals surface area contributed by atoms with Gasteiger partial charge in [0.2, 0.25) is 0 Å². The fraction of sp³-hybridized carbons (Fsp3) is 0.538. The van der Waals surface area contributed by atoms with Gasteiger partial charge < -0.3 is 10.2 Å². The van der Waals surface area contributed by atoms with Crippen LogP contribution in [0.3, 0.4) is 0 Å². The zero-order valence-corrected chi connectivity index (χ0v) is 13.4. The second-order valence-corrected chi connectivity index (χ2v) is 6.40. The highest BCUT2D eigenvalue weighted by atomic mass is 79.9. The summed E-state index contributed by atoms with van der Waals surface area (Å²) in [6.07, 6.45) is 0. The first-order valence-corrected chi connectivity index (χ1v) is 7.56. The van der Waals surface area contributed by atoms with Crippen molar-refractivity contribution < 1.29 is 0 Å². The summed E-state index contributed by atoms with van der Waals surface area (Å²) in [5.41, 5.74) is 1.37. The lowest BCUT2D eigenvalue weighted by Gasteiger charge is -2.16. The Morgan fingerprint density at radius 1 is 1.41 bits per heavy atom. The van der Waals surface area contributed by atoms with E-state index < -0.39 is 0 Å². The number of halogens is 1. The molecule has 17 heavy (non-hydrogen) atoms. The third kappa shape index (κ3) is 5.00. The predicted molar refractivity (Wildman–Crippen MR) is 80.9 cm³/mol. The topological polar surface area (TPSA) is 15.3 Å². The zero-order valence-electron chi connectivity index (χ0n) is 11.0. The molecule has 0 aliphatic rings. The van der Waals surface area contributed by atoms with Gasteiger partial charge in [0.15, 0.2) is 0 Å². The van der Waals surface area contributed by atoms with Crippen LogP contribution in [-0.2, 0) is 0 Å². The molecule has 0 aliphatic heterocycles. The number of thioether (sulfide) groups is 1. The van der Waals surface area contributed by atoms with E-state index in [1.165, 1.54) is 10.5 Å². The Morgan fingerprint density at radius 3 is 2.71 bits per heavy atom. The fourth-order valence-corrected chi connectivity index (χ4v) is 3.30. The Labute approximate surface area is 117 Å². The molecule has 0 aliphatic carbocycles. The molecule has 0 heterocycles. The van der Waals surface area contributed by atoms with Gasteiger partial charge >= 0.3 is 0 Å². The maximum Gasteiger partial charge on any atom is 0.0300 e. The van der Waals surface area contributed by atoms with Crippen LogP contribution in [0.5, 0.6) is 0 Å². The minimum atomic E-state index is 0.393. The highest BCUT2D eigenvalue weighted by molar-refractivity contribution is 9.10. The summed E-state index contributed by atoms with van der Waals surface area (Å²) in [6.45, 7) is 3.30. The Kier molecular flexibility index (Phi) is 6.55. The maximum absolute atomic E-state index is 3.54. The van der Waals surface area contributed by atoms with Gasteiger partial charge in [-0.05, 0) is 45.8 Å². The summed E-state index contributed by atoms with van der Waals surface area (Å²) in [5.74, 6) is 1.12. The monoisotopic (exact) mass is 316 g/mol. The first-order valence-electron chi connectivity index (χ1n) is 5.79. The van der Waals surface area contributed by atoms with Gasteiger partial charge in [0.1, 0.15) is 0 Å². The Bertz CT molecular complexity index is 355. The van der Waals surface area contributed by atoms with Crippen LogP contribution in [0.2, 0.25) is 0 Å². The quantitative estimate of drug-likeness (QED) is 0.810. The smallest absolute Gasteiger partial charge is 0.0300 e. The van der Waals surface area contributed by atoms with Gasteiger partial charge in [-0.25, -0.2) is 0 Å². The lowest BCUT2D eigenvalue weighted by molar-refractivity contribution is 0.437. The molecule has 0 saturated heterocycles. The Balaban J connectivity index is 2.76. The Hall–Kier alpha value is -0.0300. The molecule has 0 saturated carbocycles. The molecule has 2 nitrogen and oxygen atoms in total. The molecule has 0 aromatic heterocycles. The molecular weight excluding hydrogens is 296 g/mol. The average molecular weight is 317 g/mol. The van der Waals surface area contributed by atoms with Gasteiger partial charge in [-0.2, -0.15) is 0 Å². The predicted octanol–water partition coefficient (Wildman–Crippen LogP) is 3.38. The van der Waals surface area contributed by atoms with Crippen molar-refractivity contribution in [2.45, 2.75) is 17.9 Å². The third-order valence-corrected chi connectivity index (χ3v) is 4.22. The molecule has 0 radical (unpaired) electrons. The molecule has 0 spiro atoms. The number of benzene rings is 1.